The van der Waals surface area contributed by atoms with E-state index in [1.165, 1.54) is 0 Å². The number of carboxylic acid groups (broad SMARTS) is 1. The summed E-state index contributed by atoms with van der Waals surface area (Å²) in [4.78, 5) is 11.2. The largest absolute Gasteiger partial charge is 0.491 e. The first-order chi connectivity index (χ1) is 9.74. The minimum atomic E-state index is -0.919. The van der Waals surface area contributed by atoms with Crippen LogP contribution < -0.4 is 10.1 Å². The maximum atomic E-state index is 11.2. The molecule has 0 fully saturated rings. The first-order valence-electron chi connectivity index (χ1n) is 7.08. The summed E-state index contributed by atoms with van der Waals surface area (Å²) in [6, 6.07) is 5.84. The highest BCUT2D eigenvalue weighted by molar-refractivity contribution is 9.10. The summed E-state index contributed by atoms with van der Waals surface area (Å²) in [6.45, 7) is 9.36. The van der Waals surface area contributed by atoms with Crippen molar-refractivity contribution in [1.29, 1.82) is 0 Å². The number of carbonyl (C=O) groups is 1. The number of halogens is 1. The van der Waals surface area contributed by atoms with Crippen molar-refractivity contribution in [3.63, 3.8) is 0 Å². The third kappa shape index (κ3) is 5.67. The monoisotopic (exact) mass is 357 g/mol. The van der Waals surface area contributed by atoms with E-state index in [1.54, 1.807) is 13.8 Å². The Bertz CT molecular complexity index is 486. The molecule has 0 radical (unpaired) electrons. The van der Waals surface area contributed by atoms with Crippen molar-refractivity contribution < 1.29 is 14.6 Å². The number of benzene rings is 1. The van der Waals surface area contributed by atoms with Crippen LogP contribution in [0.3, 0.4) is 0 Å². The third-order valence-electron chi connectivity index (χ3n) is 3.07. The van der Waals surface area contributed by atoms with E-state index >= 15 is 0 Å². The molecule has 0 aromatic heterocycles. The van der Waals surface area contributed by atoms with Crippen molar-refractivity contribution in [3.8, 4) is 5.75 Å². The van der Waals surface area contributed by atoms with Crippen LogP contribution in [0.15, 0.2) is 22.7 Å². The van der Waals surface area contributed by atoms with E-state index in [2.05, 4.69) is 35.1 Å². The number of hydrogen-bond acceptors (Lipinski definition) is 3. The summed E-state index contributed by atoms with van der Waals surface area (Å²) in [5.41, 5.74) is 0.101. The van der Waals surface area contributed by atoms with E-state index in [1.807, 2.05) is 18.2 Å². The number of nitrogens with one attached hydrogen (secondary N) is 1. The Kier molecular flexibility index (Phi) is 6.68. The first-order valence-corrected chi connectivity index (χ1v) is 7.87. The zero-order valence-corrected chi connectivity index (χ0v) is 14.7. The minimum Gasteiger partial charge on any atom is -0.491 e. The van der Waals surface area contributed by atoms with Gasteiger partial charge in [-0.3, -0.25) is 4.79 Å². The molecule has 0 aliphatic rings. The predicted molar refractivity (Wildman–Crippen MR) is 87.6 cm³/mol. The van der Waals surface area contributed by atoms with Gasteiger partial charge in [0.1, 0.15) is 12.4 Å². The van der Waals surface area contributed by atoms with Crippen LogP contribution in [0.1, 0.15) is 33.3 Å². The van der Waals surface area contributed by atoms with E-state index in [9.17, 15) is 4.79 Å². The normalized spacial score (nSPS) is 11.7. The van der Waals surface area contributed by atoms with Gasteiger partial charge in [-0.2, -0.15) is 0 Å². The highest BCUT2D eigenvalue weighted by Gasteiger charge is 2.28. The van der Waals surface area contributed by atoms with Crippen molar-refractivity contribution in [2.45, 2.75) is 34.2 Å². The van der Waals surface area contributed by atoms with Gasteiger partial charge in [0.15, 0.2) is 0 Å². The molecule has 1 rings (SSSR count). The topological polar surface area (TPSA) is 58.6 Å². The predicted octanol–water partition coefficient (Wildman–Crippen LogP) is 3.68. The van der Waals surface area contributed by atoms with E-state index in [-0.39, 0.29) is 6.61 Å². The molecule has 5 heteroatoms. The molecule has 0 saturated carbocycles. The number of ether oxygens (including phenoxy) is 1. The van der Waals surface area contributed by atoms with Crippen molar-refractivity contribution in [2.75, 3.05) is 13.2 Å². The molecule has 0 aliphatic heterocycles. The van der Waals surface area contributed by atoms with E-state index in [4.69, 9.17) is 9.84 Å². The zero-order valence-electron chi connectivity index (χ0n) is 13.1. The van der Waals surface area contributed by atoms with Crippen LogP contribution in [0, 0.1) is 11.3 Å². The van der Waals surface area contributed by atoms with Gasteiger partial charge in [-0.25, -0.2) is 0 Å². The summed E-state index contributed by atoms with van der Waals surface area (Å²) in [6.07, 6.45) is 0. The Balaban J connectivity index is 2.78. The highest BCUT2D eigenvalue weighted by Crippen LogP contribution is 2.30. The summed E-state index contributed by atoms with van der Waals surface area (Å²) < 4.78 is 6.62. The molecular formula is C16H24BrNO3. The molecule has 0 bridgehead atoms. The maximum absolute atomic E-state index is 11.2. The first kappa shape index (κ1) is 18.0. The van der Waals surface area contributed by atoms with Crippen LogP contribution in [0.2, 0.25) is 0 Å². The Morgan fingerprint density at radius 2 is 2.10 bits per heavy atom. The summed E-state index contributed by atoms with van der Waals surface area (Å²) in [5.74, 6) is 0.421. The Labute approximate surface area is 135 Å². The molecule has 1 aromatic carbocycles. The molecule has 0 unspecified atom stereocenters. The van der Waals surface area contributed by atoms with E-state index in [0.717, 1.165) is 16.6 Å². The fraction of sp³-hybridized carbons (Fsp3) is 0.562. The second kappa shape index (κ2) is 7.80. The summed E-state index contributed by atoms with van der Waals surface area (Å²) in [5, 5.41) is 12.5. The molecule has 0 amide bonds. The summed E-state index contributed by atoms with van der Waals surface area (Å²) >= 11 is 3.47. The Hall–Kier alpha value is -1.07. The number of aliphatic carboxylic acids is 1. The van der Waals surface area contributed by atoms with Gasteiger partial charge in [0.05, 0.1) is 9.89 Å². The Morgan fingerprint density at radius 3 is 2.67 bits per heavy atom. The van der Waals surface area contributed by atoms with Crippen LogP contribution in [-0.4, -0.2) is 24.2 Å². The molecule has 1 aromatic rings. The smallest absolute Gasteiger partial charge is 0.312 e. The lowest BCUT2D eigenvalue weighted by atomic mass is 9.95. The molecule has 0 aliphatic carbocycles. The lowest BCUT2D eigenvalue weighted by Gasteiger charge is -2.22. The SMILES string of the molecule is CC(C)CNCc1cccc(Br)c1OCC(C)(C)C(=O)O. The van der Waals surface area contributed by atoms with Gasteiger partial charge in [-0.05, 0) is 48.3 Å². The average molecular weight is 358 g/mol. The Morgan fingerprint density at radius 1 is 1.43 bits per heavy atom. The van der Waals surface area contributed by atoms with Gasteiger partial charge < -0.3 is 15.2 Å². The molecule has 0 saturated heterocycles. The lowest BCUT2D eigenvalue weighted by molar-refractivity contribution is -0.148. The van der Waals surface area contributed by atoms with Gasteiger partial charge in [0.2, 0.25) is 0 Å². The van der Waals surface area contributed by atoms with Gasteiger partial charge in [0, 0.05) is 12.1 Å². The minimum absolute atomic E-state index is 0.127. The average Bonchev–Trinajstić information content (AvgIpc) is 2.37. The van der Waals surface area contributed by atoms with Crippen molar-refractivity contribution in [2.24, 2.45) is 11.3 Å². The fourth-order valence-electron chi connectivity index (χ4n) is 1.66. The maximum Gasteiger partial charge on any atom is 0.312 e. The molecule has 118 valence electrons. The molecule has 4 nitrogen and oxygen atoms in total. The van der Waals surface area contributed by atoms with Crippen LogP contribution >= 0.6 is 15.9 Å². The third-order valence-corrected chi connectivity index (χ3v) is 3.70. The van der Waals surface area contributed by atoms with Gasteiger partial charge in [0.25, 0.3) is 0 Å². The molecule has 0 spiro atoms. The van der Waals surface area contributed by atoms with Gasteiger partial charge in [-0.1, -0.05) is 26.0 Å². The van der Waals surface area contributed by atoms with Crippen LogP contribution in [0.25, 0.3) is 0 Å². The van der Waals surface area contributed by atoms with Crippen molar-refractivity contribution >= 4 is 21.9 Å². The van der Waals surface area contributed by atoms with E-state index < -0.39 is 11.4 Å². The van der Waals surface area contributed by atoms with Crippen molar-refractivity contribution in [1.82, 2.24) is 5.32 Å². The number of rotatable bonds is 8. The molecule has 2 N–H and O–H groups in total. The van der Waals surface area contributed by atoms with Gasteiger partial charge in [-0.15, -0.1) is 0 Å². The zero-order chi connectivity index (χ0) is 16.0. The molecular weight excluding hydrogens is 334 g/mol. The quantitative estimate of drug-likeness (QED) is 0.744. The van der Waals surface area contributed by atoms with Crippen molar-refractivity contribution in [3.05, 3.63) is 28.2 Å². The number of hydrogen-bond donors (Lipinski definition) is 2. The highest BCUT2D eigenvalue weighted by atomic mass is 79.9. The second-order valence-corrected chi connectivity index (χ2v) is 7.08. The van der Waals surface area contributed by atoms with E-state index in [0.29, 0.717) is 18.2 Å². The molecule has 0 atom stereocenters. The van der Waals surface area contributed by atoms with Crippen LogP contribution in [0.5, 0.6) is 5.75 Å². The second-order valence-electron chi connectivity index (χ2n) is 6.23. The summed E-state index contributed by atoms with van der Waals surface area (Å²) in [7, 11) is 0. The molecule has 21 heavy (non-hydrogen) atoms. The van der Waals surface area contributed by atoms with Gasteiger partial charge >= 0.3 is 5.97 Å². The number of para-hydroxylation sites is 1. The van der Waals surface area contributed by atoms with Crippen LogP contribution in [-0.2, 0) is 11.3 Å². The molecule has 0 heterocycles. The fourth-order valence-corrected chi connectivity index (χ4v) is 2.19. The number of carboxylic acids is 1. The standard InChI is InChI=1S/C16H24BrNO3/c1-11(2)8-18-9-12-6-5-7-13(17)14(12)21-10-16(3,4)15(19)20/h5-7,11,18H,8-10H2,1-4H3,(H,19,20). The van der Waals surface area contributed by atoms with Crippen LogP contribution in [0.4, 0.5) is 0 Å². The lowest BCUT2D eigenvalue weighted by Crippen LogP contribution is -2.31.